The Kier molecular flexibility index (Phi) is 4.66. The maximum absolute atomic E-state index is 12.1. The topological polar surface area (TPSA) is 47.8 Å². The molecule has 1 aromatic heterocycles. The number of aryl methyl sites for hydroxylation is 1. The maximum atomic E-state index is 12.1. The number of rotatable bonds is 6. The van der Waals surface area contributed by atoms with E-state index in [1.807, 2.05) is 29.8 Å². The van der Waals surface area contributed by atoms with Gasteiger partial charge in [0, 0.05) is 13.0 Å². The molecule has 0 saturated carbocycles. The largest absolute Gasteiger partial charge is 0.299 e. The van der Waals surface area contributed by atoms with Crippen molar-refractivity contribution in [1.29, 1.82) is 0 Å². The van der Waals surface area contributed by atoms with E-state index in [1.165, 1.54) is 11.9 Å². The highest BCUT2D eigenvalue weighted by atomic mass is 16.1. The van der Waals surface area contributed by atoms with Gasteiger partial charge in [0.2, 0.25) is 0 Å². The molecular weight excluding hydrogens is 250 g/mol. The molecule has 0 amide bonds. The summed E-state index contributed by atoms with van der Waals surface area (Å²) in [7, 11) is 0. The molecule has 1 aromatic carbocycles. The number of nitrogens with zero attached hydrogens (tertiary/aromatic N) is 3. The molecule has 0 aliphatic carbocycles. The van der Waals surface area contributed by atoms with Gasteiger partial charge in [-0.05, 0) is 18.4 Å². The molecule has 0 spiro atoms. The quantitative estimate of drug-likeness (QED) is 0.811. The Bertz CT molecular complexity index is 587. The van der Waals surface area contributed by atoms with Gasteiger partial charge in [0.05, 0.1) is 6.42 Å². The zero-order valence-electron chi connectivity index (χ0n) is 12.3. The Balaban J connectivity index is 2.00. The summed E-state index contributed by atoms with van der Waals surface area (Å²) < 4.78 is 1.83. The van der Waals surface area contributed by atoms with Crippen molar-refractivity contribution < 1.29 is 4.79 Å². The van der Waals surface area contributed by atoms with Crippen molar-refractivity contribution in [2.75, 3.05) is 0 Å². The van der Waals surface area contributed by atoms with Crippen LogP contribution in [0.1, 0.15) is 30.8 Å². The van der Waals surface area contributed by atoms with Crippen molar-refractivity contribution in [1.82, 2.24) is 14.8 Å². The molecular formula is C16H21N3O. The fraction of sp³-hybridized carbons (Fsp3) is 0.438. The van der Waals surface area contributed by atoms with Gasteiger partial charge in [-0.1, -0.05) is 43.7 Å². The van der Waals surface area contributed by atoms with Gasteiger partial charge in [-0.2, -0.15) is 5.10 Å². The Morgan fingerprint density at radius 2 is 2.10 bits per heavy atom. The number of hydrogen-bond donors (Lipinski definition) is 0. The third kappa shape index (κ3) is 4.02. The lowest BCUT2D eigenvalue weighted by Crippen LogP contribution is -2.15. The second-order valence-corrected chi connectivity index (χ2v) is 5.63. The molecule has 0 atom stereocenters. The number of carbonyl (C=O) groups is 1. The second kappa shape index (κ2) is 6.46. The third-order valence-electron chi connectivity index (χ3n) is 3.07. The summed E-state index contributed by atoms with van der Waals surface area (Å²) in [5, 5.41) is 4.18. The molecule has 0 fully saturated rings. The summed E-state index contributed by atoms with van der Waals surface area (Å²) in [4.78, 5) is 16.3. The number of benzene rings is 1. The lowest BCUT2D eigenvalue weighted by atomic mass is 10.0. The van der Waals surface area contributed by atoms with Crippen LogP contribution in [-0.2, 0) is 24.2 Å². The minimum atomic E-state index is 0.175. The van der Waals surface area contributed by atoms with Gasteiger partial charge in [0.1, 0.15) is 17.9 Å². The number of aromatic nitrogens is 3. The van der Waals surface area contributed by atoms with E-state index in [4.69, 9.17) is 0 Å². The second-order valence-electron chi connectivity index (χ2n) is 5.63. The van der Waals surface area contributed by atoms with Gasteiger partial charge in [-0.15, -0.1) is 0 Å². The Morgan fingerprint density at radius 3 is 2.80 bits per heavy atom. The first-order chi connectivity index (χ1) is 9.54. The highest BCUT2D eigenvalue weighted by molar-refractivity contribution is 5.82. The highest BCUT2D eigenvalue weighted by Gasteiger charge is 2.11. The minimum Gasteiger partial charge on any atom is -0.299 e. The van der Waals surface area contributed by atoms with Gasteiger partial charge in [-0.3, -0.25) is 4.79 Å². The fourth-order valence-corrected chi connectivity index (χ4v) is 2.21. The van der Waals surface area contributed by atoms with Gasteiger partial charge >= 0.3 is 0 Å². The molecule has 4 heteroatoms. The molecule has 0 radical (unpaired) electrons. The number of carbonyl (C=O) groups excluding carboxylic acids is 1. The van der Waals surface area contributed by atoms with Crippen LogP contribution in [0.2, 0.25) is 0 Å². The maximum Gasteiger partial charge on any atom is 0.144 e. The van der Waals surface area contributed by atoms with Crippen molar-refractivity contribution in [2.24, 2.45) is 5.92 Å². The lowest BCUT2D eigenvalue weighted by Gasteiger charge is -2.08. The van der Waals surface area contributed by atoms with Gasteiger partial charge in [0.15, 0.2) is 0 Å². The Hall–Kier alpha value is -1.97. The molecule has 0 saturated heterocycles. The van der Waals surface area contributed by atoms with Gasteiger partial charge in [-0.25, -0.2) is 9.67 Å². The molecule has 20 heavy (non-hydrogen) atoms. The van der Waals surface area contributed by atoms with Crippen molar-refractivity contribution in [3.8, 4) is 0 Å². The summed E-state index contributed by atoms with van der Waals surface area (Å²) in [5.74, 6) is 1.42. The highest BCUT2D eigenvalue weighted by Crippen LogP contribution is 2.08. The zero-order chi connectivity index (χ0) is 14.5. The summed E-state index contributed by atoms with van der Waals surface area (Å²) in [5.41, 5.74) is 2.24. The third-order valence-corrected chi connectivity index (χ3v) is 3.07. The molecule has 0 bridgehead atoms. The molecule has 1 heterocycles. The van der Waals surface area contributed by atoms with E-state index in [2.05, 4.69) is 30.0 Å². The van der Waals surface area contributed by atoms with Crippen molar-refractivity contribution in [3.05, 3.63) is 47.5 Å². The molecule has 106 valence electrons. The molecule has 0 aliphatic rings. The smallest absolute Gasteiger partial charge is 0.144 e. The summed E-state index contributed by atoms with van der Waals surface area (Å²) in [6, 6.07) is 8.06. The van der Waals surface area contributed by atoms with Crippen LogP contribution in [0.4, 0.5) is 0 Å². The number of ketones is 1. The van der Waals surface area contributed by atoms with Crippen LogP contribution in [0.5, 0.6) is 0 Å². The van der Waals surface area contributed by atoms with E-state index in [9.17, 15) is 4.79 Å². The van der Waals surface area contributed by atoms with Crippen molar-refractivity contribution in [3.63, 3.8) is 0 Å². The van der Waals surface area contributed by atoms with Crippen LogP contribution in [0, 0.1) is 12.8 Å². The lowest BCUT2D eigenvalue weighted by molar-refractivity contribution is -0.117. The standard InChI is InChI=1S/C16H21N3O/c1-12(2)10-19-16(17-11-18-19)9-15(20)8-14-6-4-5-13(3)7-14/h4-7,11-12H,8-10H2,1-3H3. The molecule has 0 N–H and O–H groups in total. The average molecular weight is 271 g/mol. The van der Waals surface area contributed by atoms with Crippen LogP contribution in [0.3, 0.4) is 0 Å². The van der Waals surface area contributed by atoms with Crippen molar-refractivity contribution in [2.45, 2.75) is 40.2 Å². The summed E-state index contributed by atoms with van der Waals surface area (Å²) in [6.45, 7) is 7.08. The van der Waals surface area contributed by atoms with Gasteiger partial charge in [0.25, 0.3) is 0 Å². The summed E-state index contributed by atoms with van der Waals surface area (Å²) >= 11 is 0. The van der Waals surface area contributed by atoms with E-state index >= 15 is 0 Å². The summed E-state index contributed by atoms with van der Waals surface area (Å²) in [6.07, 6.45) is 2.33. The molecule has 2 aromatic rings. The predicted octanol–water partition coefficient (Wildman–Crippen LogP) is 2.60. The molecule has 2 rings (SSSR count). The minimum absolute atomic E-state index is 0.175. The van der Waals surface area contributed by atoms with E-state index in [1.54, 1.807) is 0 Å². The van der Waals surface area contributed by atoms with E-state index in [-0.39, 0.29) is 5.78 Å². The average Bonchev–Trinajstić information content (AvgIpc) is 2.75. The first-order valence-electron chi connectivity index (χ1n) is 6.98. The molecule has 0 aliphatic heterocycles. The van der Waals surface area contributed by atoms with Crippen LogP contribution < -0.4 is 0 Å². The first kappa shape index (κ1) is 14.4. The van der Waals surface area contributed by atoms with Crippen LogP contribution in [0.15, 0.2) is 30.6 Å². The normalized spacial score (nSPS) is 11.0. The van der Waals surface area contributed by atoms with E-state index < -0.39 is 0 Å². The predicted molar refractivity (Wildman–Crippen MR) is 78.5 cm³/mol. The van der Waals surface area contributed by atoms with Crippen LogP contribution in [0.25, 0.3) is 0 Å². The zero-order valence-corrected chi connectivity index (χ0v) is 12.3. The van der Waals surface area contributed by atoms with E-state index in [0.29, 0.717) is 18.8 Å². The number of hydrogen-bond acceptors (Lipinski definition) is 3. The SMILES string of the molecule is Cc1cccc(CC(=O)Cc2ncnn2CC(C)C)c1. The fourth-order valence-electron chi connectivity index (χ4n) is 2.21. The Morgan fingerprint density at radius 1 is 1.30 bits per heavy atom. The van der Waals surface area contributed by atoms with Crippen LogP contribution >= 0.6 is 0 Å². The number of Topliss-reactive ketones (excluding diaryl/α,β-unsaturated/α-hetero) is 1. The van der Waals surface area contributed by atoms with Gasteiger partial charge < -0.3 is 0 Å². The molecule has 4 nitrogen and oxygen atoms in total. The van der Waals surface area contributed by atoms with Crippen molar-refractivity contribution >= 4 is 5.78 Å². The van der Waals surface area contributed by atoms with E-state index in [0.717, 1.165) is 17.9 Å². The monoisotopic (exact) mass is 271 g/mol. The van der Waals surface area contributed by atoms with Crippen LogP contribution in [-0.4, -0.2) is 20.5 Å². The molecule has 0 unspecified atom stereocenters. The first-order valence-corrected chi connectivity index (χ1v) is 6.98. The Labute approximate surface area is 119 Å².